The standard InChI is InChI=1S/C15H19N3S2/c1-8-6-12(20-11(8)4)7-17-15-13(14(16)19)9(2)5-10(3)18-15/h5-6H,7H2,1-4H3,(H2,16,19)(H,17,18). The minimum absolute atomic E-state index is 0.385. The molecule has 0 amide bonds. The summed E-state index contributed by atoms with van der Waals surface area (Å²) >= 11 is 6.94. The Morgan fingerprint density at radius 2 is 1.95 bits per heavy atom. The maximum Gasteiger partial charge on any atom is 0.137 e. The molecule has 0 aromatic carbocycles. The van der Waals surface area contributed by atoms with E-state index in [2.05, 4.69) is 30.2 Å². The number of aryl methyl sites for hydroxylation is 4. The van der Waals surface area contributed by atoms with Crippen LogP contribution < -0.4 is 11.1 Å². The second-order valence-electron chi connectivity index (χ2n) is 4.97. The molecule has 5 heteroatoms. The fourth-order valence-electron chi connectivity index (χ4n) is 2.18. The third-order valence-corrected chi connectivity index (χ3v) is 4.59. The second kappa shape index (κ2) is 5.89. The quantitative estimate of drug-likeness (QED) is 0.847. The Hall–Kier alpha value is -1.46. The first-order chi connectivity index (χ1) is 9.38. The summed E-state index contributed by atoms with van der Waals surface area (Å²) in [6.07, 6.45) is 0. The lowest BCUT2D eigenvalue weighted by atomic mass is 10.1. The van der Waals surface area contributed by atoms with Crippen LogP contribution in [0, 0.1) is 27.7 Å². The lowest BCUT2D eigenvalue weighted by Crippen LogP contribution is -2.16. The van der Waals surface area contributed by atoms with Crippen LogP contribution in [-0.2, 0) is 6.54 Å². The molecule has 3 nitrogen and oxygen atoms in total. The Kier molecular flexibility index (Phi) is 4.40. The normalized spacial score (nSPS) is 10.6. The first kappa shape index (κ1) is 14.9. The molecule has 2 aromatic rings. The average Bonchev–Trinajstić information content (AvgIpc) is 2.64. The molecule has 0 saturated heterocycles. The number of anilines is 1. The molecule has 0 unspecified atom stereocenters. The summed E-state index contributed by atoms with van der Waals surface area (Å²) in [6.45, 7) is 8.99. The van der Waals surface area contributed by atoms with Crippen LogP contribution in [0.5, 0.6) is 0 Å². The van der Waals surface area contributed by atoms with Crippen molar-refractivity contribution in [3.8, 4) is 0 Å². The molecule has 2 aromatic heterocycles. The fraction of sp³-hybridized carbons (Fsp3) is 0.333. The molecule has 106 valence electrons. The predicted molar refractivity (Wildman–Crippen MR) is 90.7 cm³/mol. The maximum atomic E-state index is 5.82. The molecule has 0 aliphatic carbocycles. The van der Waals surface area contributed by atoms with Crippen LogP contribution in [0.4, 0.5) is 5.82 Å². The Morgan fingerprint density at radius 1 is 1.25 bits per heavy atom. The molecular weight excluding hydrogens is 286 g/mol. The summed E-state index contributed by atoms with van der Waals surface area (Å²) < 4.78 is 0. The maximum absolute atomic E-state index is 5.82. The van der Waals surface area contributed by atoms with Crippen molar-refractivity contribution in [1.82, 2.24) is 4.98 Å². The van der Waals surface area contributed by atoms with E-state index in [-0.39, 0.29) is 0 Å². The highest BCUT2D eigenvalue weighted by molar-refractivity contribution is 7.80. The van der Waals surface area contributed by atoms with Gasteiger partial charge in [0.15, 0.2) is 0 Å². The molecule has 0 fully saturated rings. The zero-order chi connectivity index (χ0) is 14.9. The number of thiocarbonyl (C=S) groups is 1. The van der Waals surface area contributed by atoms with Crippen LogP contribution >= 0.6 is 23.6 Å². The number of pyridine rings is 1. The molecule has 0 aliphatic rings. The molecule has 0 spiro atoms. The molecule has 3 N–H and O–H groups in total. The van der Waals surface area contributed by atoms with Crippen molar-refractivity contribution in [3.05, 3.63) is 44.3 Å². The highest BCUT2D eigenvalue weighted by Gasteiger charge is 2.11. The van der Waals surface area contributed by atoms with Gasteiger partial charge in [-0.25, -0.2) is 4.98 Å². The van der Waals surface area contributed by atoms with Gasteiger partial charge in [-0.05, 0) is 51.0 Å². The largest absolute Gasteiger partial charge is 0.389 e. The van der Waals surface area contributed by atoms with Gasteiger partial charge in [-0.1, -0.05) is 12.2 Å². The first-order valence-corrected chi connectivity index (χ1v) is 7.68. The summed E-state index contributed by atoms with van der Waals surface area (Å²) in [5.74, 6) is 0.777. The Bertz CT molecular complexity index is 640. The average molecular weight is 305 g/mol. The van der Waals surface area contributed by atoms with Crippen LogP contribution in [0.1, 0.15) is 32.1 Å². The number of nitrogens with one attached hydrogen (secondary N) is 1. The van der Waals surface area contributed by atoms with E-state index in [1.807, 2.05) is 19.9 Å². The molecular formula is C15H19N3S2. The van der Waals surface area contributed by atoms with E-state index in [0.29, 0.717) is 4.99 Å². The highest BCUT2D eigenvalue weighted by atomic mass is 32.1. The Labute approximate surface area is 129 Å². The fourth-order valence-corrected chi connectivity index (χ4v) is 3.43. The van der Waals surface area contributed by atoms with Gasteiger partial charge >= 0.3 is 0 Å². The van der Waals surface area contributed by atoms with Crippen LogP contribution in [0.3, 0.4) is 0 Å². The number of hydrogen-bond donors (Lipinski definition) is 2. The van der Waals surface area contributed by atoms with E-state index in [1.54, 1.807) is 11.3 Å². The van der Waals surface area contributed by atoms with Crippen molar-refractivity contribution < 1.29 is 0 Å². The van der Waals surface area contributed by atoms with Crippen molar-refractivity contribution in [1.29, 1.82) is 0 Å². The lowest BCUT2D eigenvalue weighted by molar-refractivity contribution is 1.09. The highest BCUT2D eigenvalue weighted by Crippen LogP contribution is 2.23. The van der Waals surface area contributed by atoms with Crippen molar-refractivity contribution >= 4 is 34.4 Å². The van der Waals surface area contributed by atoms with Gasteiger partial charge in [0.05, 0.1) is 12.1 Å². The van der Waals surface area contributed by atoms with Crippen molar-refractivity contribution in [2.24, 2.45) is 5.73 Å². The topological polar surface area (TPSA) is 50.9 Å². The number of nitrogens with two attached hydrogens (primary N) is 1. The van der Waals surface area contributed by atoms with Crippen molar-refractivity contribution in [3.63, 3.8) is 0 Å². The minimum Gasteiger partial charge on any atom is -0.389 e. The number of aromatic nitrogens is 1. The number of nitrogens with zero attached hydrogens (tertiary/aromatic N) is 1. The second-order valence-corrected chi connectivity index (χ2v) is 6.75. The zero-order valence-electron chi connectivity index (χ0n) is 12.2. The Balaban J connectivity index is 2.26. The molecule has 0 saturated carbocycles. The summed E-state index contributed by atoms with van der Waals surface area (Å²) in [5.41, 5.74) is 10.0. The van der Waals surface area contributed by atoms with Crippen LogP contribution in [0.2, 0.25) is 0 Å². The molecule has 0 atom stereocenters. The number of thiophene rings is 1. The van der Waals surface area contributed by atoms with E-state index < -0.39 is 0 Å². The van der Waals surface area contributed by atoms with E-state index in [0.717, 1.165) is 29.2 Å². The van der Waals surface area contributed by atoms with E-state index in [1.165, 1.54) is 15.3 Å². The molecule has 0 bridgehead atoms. The van der Waals surface area contributed by atoms with Crippen LogP contribution in [-0.4, -0.2) is 9.97 Å². The molecule has 2 rings (SSSR count). The molecule has 20 heavy (non-hydrogen) atoms. The van der Waals surface area contributed by atoms with Crippen molar-refractivity contribution in [2.75, 3.05) is 5.32 Å². The Morgan fingerprint density at radius 3 is 2.50 bits per heavy atom. The van der Waals surface area contributed by atoms with E-state index in [9.17, 15) is 0 Å². The number of hydrogen-bond acceptors (Lipinski definition) is 4. The summed E-state index contributed by atoms with van der Waals surface area (Å²) in [7, 11) is 0. The van der Waals surface area contributed by atoms with Gasteiger partial charge in [0, 0.05) is 15.4 Å². The van der Waals surface area contributed by atoms with Gasteiger partial charge in [-0.15, -0.1) is 11.3 Å². The zero-order valence-corrected chi connectivity index (χ0v) is 13.8. The summed E-state index contributed by atoms with van der Waals surface area (Å²) in [6, 6.07) is 4.20. The van der Waals surface area contributed by atoms with Gasteiger partial charge in [0.2, 0.25) is 0 Å². The summed E-state index contributed by atoms with van der Waals surface area (Å²) in [4.78, 5) is 7.55. The minimum atomic E-state index is 0.385. The van der Waals surface area contributed by atoms with E-state index in [4.69, 9.17) is 18.0 Å². The molecule has 2 heterocycles. The van der Waals surface area contributed by atoms with Crippen molar-refractivity contribution in [2.45, 2.75) is 34.2 Å². The summed E-state index contributed by atoms with van der Waals surface area (Å²) in [5, 5.41) is 3.36. The smallest absolute Gasteiger partial charge is 0.137 e. The van der Waals surface area contributed by atoms with Crippen LogP contribution in [0.25, 0.3) is 0 Å². The van der Waals surface area contributed by atoms with Gasteiger partial charge in [-0.3, -0.25) is 0 Å². The van der Waals surface area contributed by atoms with Gasteiger partial charge in [0.1, 0.15) is 10.8 Å². The first-order valence-electron chi connectivity index (χ1n) is 6.46. The van der Waals surface area contributed by atoms with E-state index >= 15 is 0 Å². The third kappa shape index (κ3) is 3.16. The monoisotopic (exact) mass is 305 g/mol. The number of rotatable bonds is 4. The molecule has 0 radical (unpaired) electrons. The van der Waals surface area contributed by atoms with Crippen LogP contribution in [0.15, 0.2) is 12.1 Å². The predicted octanol–water partition coefficient (Wildman–Crippen LogP) is 3.62. The van der Waals surface area contributed by atoms with Gasteiger partial charge in [0.25, 0.3) is 0 Å². The van der Waals surface area contributed by atoms with Gasteiger partial charge < -0.3 is 11.1 Å². The SMILES string of the molecule is Cc1cc(C)c(C(N)=S)c(NCc2cc(C)c(C)s2)n1. The third-order valence-electron chi connectivity index (χ3n) is 3.24. The lowest BCUT2D eigenvalue weighted by Gasteiger charge is -2.13. The molecule has 0 aliphatic heterocycles. The van der Waals surface area contributed by atoms with Gasteiger partial charge in [-0.2, -0.15) is 0 Å².